The number of carbonyl (C=O) groups excluding carboxylic acids is 1. The number of benzene rings is 1. The Hall–Kier alpha value is -1.20. The molecule has 15 heavy (non-hydrogen) atoms. The number of nitrogens with zero attached hydrogens (tertiary/aromatic N) is 1. The topological polar surface area (TPSA) is 46.3 Å². The lowest BCUT2D eigenvalue weighted by atomic mass is 10.1. The van der Waals surface area contributed by atoms with E-state index in [4.69, 9.17) is 17.3 Å². The first-order valence-electron chi connectivity index (χ1n) is 4.22. The summed E-state index contributed by atoms with van der Waals surface area (Å²) < 4.78 is 26.0. The smallest absolute Gasteiger partial charge is 0.245 e. The minimum Gasteiger partial charge on any atom is -0.318 e. The van der Waals surface area contributed by atoms with Crippen LogP contribution in [0.15, 0.2) is 12.1 Å². The molecule has 0 aliphatic carbocycles. The molecule has 1 aliphatic heterocycles. The number of hydrogen-bond acceptors (Lipinski definition) is 2. The second kappa shape index (κ2) is 3.43. The molecule has 1 fully saturated rings. The number of amides is 1. The summed E-state index contributed by atoms with van der Waals surface area (Å²) in [5.74, 6) is -2.05. The largest absolute Gasteiger partial charge is 0.318 e. The minimum absolute atomic E-state index is 0.107. The van der Waals surface area contributed by atoms with Gasteiger partial charge >= 0.3 is 0 Å². The van der Waals surface area contributed by atoms with Gasteiger partial charge in [0.15, 0.2) is 5.82 Å². The van der Waals surface area contributed by atoms with Crippen LogP contribution in [0.3, 0.4) is 0 Å². The Kier molecular flexibility index (Phi) is 2.36. The highest BCUT2D eigenvalue weighted by Gasteiger charge is 2.37. The molecule has 1 aliphatic rings. The molecule has 6 heteroatoms. The van der Waals surface area contributed by atoms with Crippen molar-refractivity contribution < 1.29 is 13.6 Å². The predicted octanol–water partition coefficient (Wildman–Crippen LogP) is 1.29. The Labute approximate surface area is 89.4 Å². The van der Waals surface area contributed by atoms with Crippen LogP contribution in [0.5, 0.6) is 0 Å². The molecular weight excluding hydrogens is 226 g/mol. The molecule has 80 valence electrons. The Bertz CT molecular complexity index is 415. The molecule has 2 N–H and O–H groups in total. The number of nitrogens with two attached hydrogens (primary N) is 1. The Morgan fingerprint density at radius 3 is 2.60 bits per heavy atom. The zero-order valence-electron chi connectivity index (χ0n) is 7.51. The lowest BCUT2D eigenvalue weighted by molar-refractivity contribution is -0.123. The minimum atomic E-state index is -0.861. The summed E-state index contributed by atoms with van der Waals surface area (Å²) in [4.78, 5) is 12.3. The molecule has 1 amide bonds. The molecule has 0 bridgehead atoms. The van der Waals surface area contributed by atoms with E-state index in [0.29, 0.717) is 6.07 Å². The highest BCUT2D eigenvalue weighted by atomic mass is 35.5. The fraction of sp³-hybridized carbons (Fsp3) is 0.222. The van der Waals surface area contributed by atoms with Crippen LogP contribution in [0.4, 0.5) is 14.5 Å². The van der Waals surface area contributed by atoms with Gasteiger partial charge in [0.05, 0.1) is 17.3 Å². The van der Waals surface area contributed by atoms with Crippen LogP contribution in [0.2, 0.25) is 5.02 Å². The standard InChI is InChI=1S/C9H7ClF2N2O/c10-5-1-4(11)2-6(12)8(5)14-3-7(13)9(14)15/h1-2,7H,3,13H2. The van der Waals surface area contributed by atoms with Crippen molar-refractivity contribution in [3.05, 3.63) is 28.8 Å². The summed E-state index contributed by atoms with van der Waals surface area (Å²) in [5.41, 5.74) is 5.24. The molecule has 0 radical (unpaired) electrons. The van der Waals surface area contributed by atoms with Crippen LogP contribution in [0.25, 0.3) is 0 Å². The van der Waals surface area contributed by atoms with Gasteiger partial charge in [0.1, 0.15) is 11.9 Å². The molecule has 3 nitrogen and oxygen atoms in total. The number of carbonyl (C=O) groups is 1. The van der Waals surface area contributed by atoms with Crippen molar-refractivity contribution in [1.82, 2.24) is 0 Å². The summed E-state index contributed by atoms with van der Waals surface area (Å²) in [7, 11) is 0. The molecule has 1 aromatic rings. The zero-order valence-corrected chi connectivity index (χ0v) is 8.26. The quantitative estimate of drug-likeness (QED) is 0.742. The van der Waals surface area contributed by atoms with Crippen molar-refractivity contribution in [2.45, 2.75) is 6.04 Å². The number of rotatable bonds is 1. The fourth-order valence-electron chi connectivity index (χ4n) is 1.45. The normalized spacial score (nSPS) is 20.4. The van der Waals surface area contributed by atoms with E-state index in [1.54, 1.807) is 0 Å². The van der Waals surface area contributed by atoms with Gasteiger partial charge in [-0.15, -0.1) is 0 Å². The molecule has 1 atom stereocenters. The molecule has 2 rings (SSSR count). The monoisotopic (exact) mass is 232 g/mol. The van der Waals surface area contributed by atoms with Crippen LogP contribution >= 0.6 is 11.6 Å². The van der Waals surface area contributed by atoms with E-state index >= 15 is 0 Å². The third-order valence-corrected chi connectivity index (χ3v) is 2.50. The lowest BCUT2D eigenvalue weighted by Crippen LogP contribution is -2.61. The van der Waals surface area contributed by atoms with Crippen molar-refractivity contribution in [2.24, 2.45) is 5.73 Å². The Morgan fingerprint density at radius 2 is 2.13 bits per heavy atom. The van der Waals surface area contributed by atoms with Gasteiger partial charge in [-0.2, -0.15) is 0 Å². The van der Waals surface area contributed by atoms with Crippen LogP contribution in [0.1, 0.15) is 0 Å². The highest BCUT2D eigenvalue weighted by molar-refractivity contribution is 6.34. The fourth-order valence-corrected chi connectivity index (χ4v) is 1.74. The molecule has 1 heterocycles. The molecule has 1 unspecified atom stereocenters. The number of anilines is 1. The summed E-state index contributed by atoms with van der Waals surface area (Å²) in [6.07, 6.45) is 0. The highest BCUT2D eigenvalue weighted by Crippen LogP contribution is 2.33. The second-order valence-corrected chi connectivity index (χ2v) is 3.68. The maximum Gasteiger partial charge on any atom is 0.245 e. The molecule has 1 aromatic carbocycles. The van der Waals surface area contributed by atoms with E-state index < -0.39 is 23.6 Å². The third kappa shape index (κ3) is 1.57. The van der Waals surface area contributed by atoms with E-state index in [9.17, 15) is 13.6 Å². The number of halogens is 3. The Morgan fingerprint density at radius 1 is 1.47 bits per heavy atom. The van der Waals surface area contributed by atoms with Crippen LogP contribution < -0.4 is 10.6 Å². The Balaban J connectivity index is 2.41. The van der Waals surface area contributed by atoms with Crippen molar-refractivity contribution in [1.29, 1.82) is 0 Å². The van der Waals surface area contributed by atoms with E-state index in [-0.39, 0.29) is 17.3 Å². The van der Waals surface area contributed by atoms with Crippen LogP contribution in [-0.4, -0.2) is 18.5 Å². The molecule has 0 aromatic heterocycles. The van der Waals surface area contributed by atoms with Crippen LogP contribution in [0, 0.1) is 11.6 Å². The van der Waals surface area contributed by atoms with Gasteiger partial charge in [-0.1, -0.05) is 11.6 Å². The van der Waals surface area contributed by atoms with Gasteiger partial charge < -0.3 is 10.6 Å². The van der Waals surface area contributed by atoms with Gasteiger partial charge in [-0.25, -0.2) is 8.78 Å². The summed E-state index contributed by atoms with van der Waals surface area (Å²) in [6, 6.07) is 1.01. The van der Waals surface area contributed by atoms with Crippen molar-refractivity contribution in [3.63, 3.8) is 0 Å². The van der Waals surface area contributed by atoms with E-state index in [1.807, 2.05) is 0 Å². The average molecular weight is 233 g/mol. The SMILES string of the molecule is NC1CN(c2c(F)cc(F)cc2Cl)C1=O. The van der Waals surface area contributed by atoms with E-state index in [1.165, 1.54) is 0 Å². The first-order chi connectivity index (χ1) is 7.00. The molecule has 0 saturated carbocycles. The first kappa shape index (κ1) is 10.3. The number of hydrogen-bond donors (Lipinski definition) is 1. The maximum atomic E-state index is 13.3. The predicted molar refractivity (Wildman–Crippen MR) is 51.7 cm³/mol. The first-order valence-corrected chi connectivity index (χ1v) is 4.60. The summed E-state index contributed by atoms with van der Waals surface area (Å²) in [5, 5.41) is -0.132. The van der Waals surface area contributed by atoms with Gasteiger partial charge in [0.25, 0.3) is 0 Å². The van der Waals surface area contributed by atoms with Gasteiger partial charge in [-0.05, 0) is 6.07 Å². The summed E-state index contributed by atoms with van der Waals surface area (Å²) >= 11 is 5.64. The molecule has 0 spiro atoms. The lowest BCUT2D eigenvalue weighted by Gasteiger charge is -2.36. The third-order valence-electron chi connectivity index (χ3n) is 2.21. The maximum absolute atomic E-state index is 13.3. The molecular formula is C9H7ClF2N2O. The molecule has 1 saturated heterocycles. The van der Waals surface area contributed by atoms with Crippen molar-refractivity contribution in [3.8, 4) is 0 Å². The zero-order chi connectivity index (χ0) is 11.2. The second-order valence-electron chi connectivity index (χ2n) is 3.27. The summed E-state index contributed by atoms with van der Waals surface area (Å²) in [6.45, 7) is 0.196. The average Bonchev–Trinajstić information content (AvgIpc) is 2.15. The number of β-lactam (4-membered cyclic amide) rings is 1. The van der Waals surface area contributed by atoms with Gasteiger partial charge in [0.2, 0.25) is 5.91 Å². The van der Waals surface area contributed by atoms with Crippen molar-refractivity contribution >= 4 is 23.2 Å². The van der Waals surface area contributed by atoms with E-state index in [2.05, 4.69) is 0 Å². The van der Waals surface area contributed by atoms with Crippen molar-refractivity contribution in [2.75, 3.05) is 11.4 Å². The van der Waals surface area contributed by atoms with Gasteiger partial charge in [-0.3, -0.25) is 4.79 Å². The van der Waals surface area contributed by atoms with E-state index in [0.717, 1.165) is 11.0 Å². The van der Waals surface area contributed by atoms with Crippen LogP contribution in [-0.2, 0) is 4.79 Å². The van der Waals surface area contributed by atoms with Gasteiger partial charge in [0, 0.05) is 6.07 Å².